The first-order valence-corrected chi connectivity index (χ1v) is 7.59. The molecule has 3 unspecified atom stereocenters. The Hall–Kier alpha value is -0.120. The van der Waals surface area contributed by atoms with Crippen LogP contribution in [-0.2, 0) is 9.47 Å². The quantitative estimate of drug-likeness (QED) is 0.689. The third kappa shape index (κ3) is 6.72. The van der Waals surface area contributed by atoms with Crippen LogP contribution in [0.15, 0.2) is 0 Å². The van der Waals surface area contributed by atoms with Crippen molar-refractivity contribution in [3.05, 3.63) is 0 Å². The van der Waals surface area contributed by atoms with E-state index >= 15 is 0 Å². The summed E-state index contributed by atoms with van der Waals surface area (Å²) in [5.41, 5.74) is 0. The molecule has 0 bridgehead atoms. The van der Waals surface area contributed by atoms with Gasteiger partial charge in [0.15, 0.2) is 0 Å². The Bertz CT molecular complexity index is 209. The van der Waals surface area contributed by atoms with Crippen molar-refractivity contribution in [1.82, 2.24) is 5.32 Å². The van der Waals surface area contributed by atoms with Gasteiger partial charge in [0.25, 0.3) is 0 Å². The van der Waals surface area contributed by atoms with Crippen LogP contribution in [0.1, 0.15) is 53.4 Å². The van der Waals surface area contributed by atoms with Crippen molar-refractivity contribution in [3.63, 3.8) is 0 Å². The lowest BCUT2D eigenvalue weighted by molar-refractivity contribution is -0.0381. The molecule has 0 aromatic carbocycles. The molecule has 1 rings (SSSR count). The lowest BCUT2D eigenvalue weighted by atomic mass is 10.2. The fraction of sp³-hybridized carbons (Fsp3) is 1.00. The Morgan fingerprint density at radius 2 is 1.94 bits per heavy atom. The second-order valence-electron chi connectivity index (χ2n) is 5.94. The van der Waals surface area contributed by atoms with Crippen molar-refractivity contribution in [1.29, 1.82) is 0 Å². The average Bonchev–Trinajstić information content (AvgIpc) is 2.74. The summed E-state index contributed by atoms with van der Waals surface area (Å²) in [7, 11) is 0. The molecule has 0 spiro atoms. The summed E-state index contributed by atoms with van der Waals surface area (Å²) in [6, 6.07) is 0. The summed E-state index contributed by atoms with van der Waals surface area (Å²) < 4.78 is 11.8. The van der Waals surface area contributed by atoms with Crippen LogP contribution >= 0.6 is 0 Å². The predicted octanol–water partition coefficient (Wildman–Crippen LogP) is 2.98. The zero-order chi connectivity index (χ0) is 13.4. The monoisotopic (exact) mass is 257 g/mol. The molecule has 0 aliphatic carbocycles. The summed E-state index contributed by atoms with van der Waals surface area (Å²) in [6.07, 6.45) is 5.72. The van der Waals surface area contributed by atoms with E-state index < -0.39 is 0 Å². The first-order valence-electron chi connectivity index (χ1n) is 7.59. The molecule has 1 N–H and O–H groups in total. The van der Waals surface area contributed by atoms with Gasteiger partial charge in [-0.05, 0) is 38.6 Å². The van der Waals surface area contributed by atoms with Gasteiger partial charge in [0.2, 0.25) is 0 Å². The molecule has 18 heavy (non-hydrogen) atoms. The molecule has 3 atom stereocenters. The zero-order valence-corrected chi connectivity index (χ0v) is 12.6. The van der Waals surface area contributed by atoms with Crippen LogP contribution in [0.3, 0.4) is 0 Å². The lowest BCUT2D eigenvalue weighted by Gasteiger charge is -2.17. The summed E-state index contributed by atoms with van der Waals surface area (Å²) in [4.78, 5) is 0. The Balaban J connectivity index is 2.06. The van der Waals surface area contributed by atoms with E-state index in [1.807, 2.05) is 0 Å². The summed E-state index contributed by atoms with van der Waals surface area (Å²) in [5, 5.41) is 3.47. The standard InChI is InChI=1S/C15H31NO2/c1-5-6-13(4)17-11-15-8-7-14(18-15)10-16-9-12(2)3/h12-16H,5-11H2,1-4H3. The van der Waals surface area contributed by atoms with E-state index in [1.54, 1.807) is 0 Å². The fourth-order valence-corrected chi connectivity index (χ4v) is 2.35. The molecule has 1 heterocycles. The SMILES string of the molecule is CCCC(C)OCC1CCC(CNCC(C)C)O1. The van der Waals surface area contributed by atoms with Crippen LogP contribution < -0.4 is 5.32 Å². The van der Waals surface area contributed by atoms with Crippen molar-refractivity contribution in [3.8, 4) is 0 Å². The van der Waals surface area contributed by atoms with Crippen molar-refractivity contribution in [2.75, 3.05) is 19.7 Å². The van der Waals surface area contributed by atoms with E-state index in [9.17, 15) is 0 Å². The van der Waals surface area contributed by atoms with Crippen molar-refractivity contribution >= 4 is 0 Å². The van der Waals surface area contributed by atoms with E-state index in [4.69, 9.17) is 9.47 Å². The first kappa shape index (κ1) is 15.9. The van der Waals surface area contributed by atoms with Crippen LogP contribution in [0.4, 0.5) is 0 Å². The van der Waals surface area contributed by atoms with Gasteiger partial charge in [-0.1, -0.05) is 27.2 Å². The molecule has 1 aliphatic rings. The molecule has 0 aromatic heterocycles. The molecule has 1 saturated heterocycles. The molecule has 108 valence electrons. The number of hydrogen-bond donors (Lipinski definition) is 1. The average molecular weight is 257 g/mol. The molecule has 3 heteroatoms. The van der Waals surface area contributed by atoms with Crippen LogP contribution in [0, 0.1) is 5.92 Å². The molecule has 1 aliphatic heterocycles. The van der Waals surface area contributed by atoms with E-state index in [0.29, 0.717) is 24.2 Å². The van der Waals surface area contributed by atoms with Crippen LogP contribution in [-0.4, -0.2) is 38.0 Å². The van der Waals surface area contributed by atoms with E-state index in [0.717, 1.165) is 32.5 Å². The van der Waals surface area contributed by atoms with E-state index in [-0.39, 0.29) is 0 Å². The highest BCUT2D eigenvalue weighted by molar-refractivity contribution is 4.75. The predicted molar refractivity (Wildman–Crippen MR) is 75.9 cm³/mol. The maximum absolute atomic E-state index is 5.98. The zero-order valence-electron chi connectivity index (χ0n) is 12.6. The van der Waals surface area contributed by atoms with Crippen molar-refractivity contribution in [2.24, 2.45) is 5.92 Å². The minimum atomic E-state index is 0.315. The van der Waals surface area contributed by atoms with Gasteiger partial charge in [-0.3, -0.25) is 0 Å². The second kappa shape index (κ2) is 8.89. The number of nitrogens with one attached hydrogen (secondary N) is 1. The largest absolute Gasteiger partial charge is 0.376 e. The lowest BCUT2D eigenvalue weighted by Crippen LogP contribution is -2.30. The highest BCUT2D eigenvalue weighted by Crippen LogP contribution is 2.20. The third-order valence-corrected chi connectivity index (χ3v) is 3.38. The van der Waals surface area contributed by atoms with E-state index in [2.05, 4.69) is 33.0 Å². The molecular weight excluding hydrogens is 226 g/mol. The summed E-state index contributed by atoms with van der Waals surface area (Å²) in [5.74, 6) is 0.709. The molecule has 0 radical (unpaired) electrons. The van der Waals surface area contributed by atoms with Gasteiger partial charge in [0.05, 0.1) is 24.9 Å². The second-order valence-corrected chi connectivity index (χ2v) is 5.94. The van der Waals surface area contributed by atoms with Gasteiger partial charge < -0.3 is 14.8 Å². The Labute approximate surface area is 113 Å². The van der Waals surface area contributed by atoms with Gasteiger partial charge in [-0.25, -0.2) is 0 Å². The van der Waals surface area contributed by atoms with Crippen LogP contribution in [0.25, 0.3) is 0 Å². The fourth-order valence-electron chi connectivity index (χ4n) is 2.35. The Morgan fingerprint density at radius 1 is 1.22 bits per heavy atom. The molecule has 1 fully saturated rings. The van der Waals surface area contributed by atoms with E-state index in [1.165, 1.54) is 12.8 Å². The van der Waals surface area contributed by atoms with Gasteiger partial charge >= 0.3 is 0 Å². The summed E-state index contributed by atoms with van der Waals surface area (Å²) >= 11 is 0. The van der Waals surface area contributed by atoms with Gasteiger partial charge in [-0.15, -0.1) is 0 Å². The van der Waals surface area contributed by atoms with Gasteiger partial charge in [0.1, 0.15) is 0 Å². The molecular formula is C15H31NO2. The molecule has 0 aromatic rings. The number of ether oxygens (including phenoxy) is 2. The van der Waals surface area contributed by atoms with Gasteiger partial charge in [0, 0.05) is 6.54 Å². The van der Waals surface area contributed by atoms with Crippen molar-refractivity contribution < 1.29 is 9.47 Å². The molecule has 3 nitrogen and oxygen atoms in total. The summed E-state index contributed by atoms with van der Waals surface area (Å²) in [6.45, 7) is 11.6. The smallest absolute Gasteiger partial charge is 0.0814 e. The normalized spacial score (nSPS) is 25.8. The molecule has 0 saturated carbocycles. The van der Waals surface area contributed by atoms with Crippen molar-refractivity contribution in [2.45, 2.75) is 71.7 Å². The minimum absolute atomic E-state index is 0.315. The highest BCUT2D eigenvalue weighted by Gasteiger charge is 2.25. The number of rotatable bonds is 9. The van der Waals surface area contributed by atoms with Gasteiger partial charge in [-0.2, -0.15) is 0 Å². The Kier molecular flexibility index (Phi) is 7.87. The van der Waals surface area contributed by atoms with Crippen LogP contribution in [0.5, 0.6) is 0 Å². The highest BCUT2D eigenvalue weighted by atomic mass is 16.5. The number of hydrogen-bond acceptors (Lipinski definition) is 3. The van der Waals surface area contributed by atoms with Crippen LogP contribution in [0.2, 0.25) is 0 Å². The minimum Gasteiger partial charge on any atom is -0.376 e. The Morgan fingerprint density at radius 3 is 2.61 bits per heavy atom. The molecule has 0 amide bonds. The topological polar surface area (TPSA) is 30.5 Å². The maximum atomic E-state index is 5.98. The first-order chi connectivity index (χ1) is 8.61. The third-order valence-electron chi connectivity index (χ3n) is 3.38. The maximum Gasteiger partial charge on any atom is 0.0814 e.